The molecule has 0 aromatic heterocycles. The highest BCUT2D eigenvalue weighted by atomic mass is 19.1. The van der Waals surface area contributed by atoms with Gasteiger partial charge in [0, 0.05) is 18.7 Å². The van der Waals surface area contributed by atoms with Crippen LogP contribution >= 0.6 is 0 Å². The van der Waals surface area contributed by atoms with Crippen LogP contribution in [-0.2, 0) is 0 Å². The third-order valence-corrected chi connectivity index (χ3v) is 3.64. The summed E-state index contributed by atoms with van der Waals surface area (Å²) < 4.78 is 13.3. The predicted octanol–water partition coefficient (Wildman–Crippen LogP) is 1.16. The van der Waals surface area contributed by atoms with Gasteiger partial charge in [0.05, 0.1) is 11.2 Å². The fraction of sp³-hybridized carbons (Fsp3) is 0.438. The van der Waals surface area contributed by atoms with Gasteiger partial charge in [0.1, 0.15) is 12.4 Å². The number of aliphatic hydroxyl groups excluding tert-OH is 1. The zero-order valence-electron chi connectivity index (χ0n) is 11.9. The van der Waals surface area contributed by atoms with Crippen LogP contribution < -0.4 is 0 Å². The van der Waals surface area contributed by atoms with Gasteiger partial charge in [0.15, 0.2) is 0 Å². The van der Waals surface area contributed by atoms with Crippen molar-refractivity contribution in [2.75, 3.05) is 19.7 Å². The molecule has 1 fully saturated rings. The Hall–Kier alpha value is -1.90. The van der Waals surface area contributed by atoms with E-state index < -0.39 is 11.4 Å². The summed E-state index contributed by atoms with van der Waals surface area (Å²) in [6, 6.07) is 3.82. The van der Waals surface area contributed by atoms with Crippen molar-refractivity contribution in [3.63, 3.8) is 0 Å². The third-order valence-electron chi connectivity index (χ3n) is 3.64. The lowest BCUT2D eigenvalue weighted by Crippen LogP contribution is -2.45. The number of hydrogen-bond acceptors (Lipinski definition) is 3. The van der Waals surface area contributed by atoms with Crippen LogP contribution in [-0.4, -0.2) is 46.3 Å². The number of likely N-dealkylation sites (tertiary alicyclic amines) is 1. The maximum absolute atomic E-state index is 13.3. The Bertz CT molecular complexity index is 591. The second-order valence-electron chi connectivity index (χ2n) is 5.44. The molecule has 2 rings (SSSR count). The number of rotatable bonds is 1. The lowest BCUT2D eigenvalue weighted by atomic mass is 9.93. The minimum Gasteiger partial charge on any atom is -0.390 e. The van der Waals surface area contributed by atoms with Gasteiger partial charge in [-0.15, -0.1) is 0 Å². The molecule has 1 aromatic rings. The topological polar surface area (TPSA) is 60.8 Å². The van der Waals surface area contributed by atoms with Crippen LogP contribution in [0.15, 0.2) is 18.2 Å². The van der Waals surface area contributed by atoms with Crippen molar-refractivity contribution in [3.8, 4) is 11.8 Å². The van der Waals surface area contributed by atoms with Crippen molar-refractivity contribution in [1.82, 2.24) is 4.90 Å². The molecule has 1 aliphatic heterocycles. The van der Waals surface area contributed by atoms with Crippen molar-refractivity contribution >= 4 is 5.91 Å². The molecule has 0 bridgehead atoms. The molecule has 112 valence electrons. The molecule has 1 aromatic carbocycles. The number of benzene rings is 1. The van der Waals surface area contributed by atoms with Gasteiger partial charge in [-0.2, -0.15) is 0 Å². The standard InChI is InChI=1S/C16H18FNO3/c1-16(21)6-8-18(9-7-16)15(20)14-5-4-13(17)11-12(14)3-2-10-19/h4-5,11,19,21H,6-10H2,1H3. The summed E-state index contributed by atoms with van der Waals surface area (Å²) in [5.74, 6) is 4.33. The van der Waals surface area contributed by atoms with Crippen LogP contribution in [0.3, 0.4) is 0 Å². The summed E-state index contributed by atoms with van der Waals surface area (Å²) in [7, 11) is 0. The summed E-state index contributed by atoms with van der Waals surface area (Å²) in [6.07, 6.45) is 1.02. The van der Waals surface area contributed by atoms with Gasteiger partial charge < -0.3 is 15.1 Å². The van der Waals surface area contributed by atoms with E-state index in [0.717, 1.165) is 0 Å². The minimum atomic E-state index is -0.737. The van der Waals surface area contributed by atoms with Crippen molar-refractivity contribution < 1.29 is 19.4 Å². The molecule has 1 saturated heterocycles. The Balaban J connectivity index is 2.23. The van der Waals surface area contributed by atoms with E-state index >= 15 is 0 Å². The largest absolute Gasteiger partial charge is 0.390 e. The molecule has 1 amide bonds. The molecule has 2 N–H and O–H groups in total. The van der Waals surface area contributed by atoms with E-state index in [4.69, 9.17) is 5.11 Å². The van der Waals surface area contributed by atoms with E-state index in [-0.39, 0.29) is 18.1 Å². The Kier molecular flexibility index (Phi) is 4.61. The molecule has 0 unspecified atom stereocenters. The van der Waals surface area contributed by atoms with Gasteiger partial charge >= 0.3 is 0 Å². The van der Waals surface area contributed by atoms with E-state index in [1.807, 2.05) is 0 Å². The normalized spacial score (nSPS) is 17.0. The number of piperidine rings is 1. The van der Waals surface area contributed by atoms with Crippen LogP contribution in [0, 0.1) is 17.7 Å². The average molecular weight is 291 g/mol. The summed E-state index contributed by atoms with van der Waals surface area (Å²) in [5.41, 5.74) is -0.149. The number of halogens is 1. The van der Waals surface area contributed by atoms with Crippen molar-refractivity contribution in [3.05, 3.63) is 35.1 Å². The van der Waals surface area contributed by atoms with Gasteiger partial charge in [-0.1, -0.05) is 11.8 Å². The second kappa shape index (κ2) is 6.25. The lowest BCUT2D eigenvalue weighted by Gasteiger charge is -2.35. The SMILES string of the molecule is CC1(O)CCN(C(=O)c2ccc(F)cc2C#CCO)CC1. The highest BCUT2D eigenvalue weighted by Crippen LogP contribution is 2.23. The van der Waals surface area contributed by atoms with Crippen LogP contribution in [0.4, 0.5) is 4.39 Å². The van der Waals surface area contributed by atoms with Gasteiger partial charge in [-0.3, -0.25) is 4.79 Å². The molecular formula is C16H18FNO3. The highest BCUT2D eigenvalue weighted by molar-refractivity contribution is 5.96. The Morgan fingerprint density at radius 3 is 2.71 bits per heavy atom. The number of hydrogen-bond donors (Lipinski definition) is 2. The molecule has 0 spiro atoms. The summed E-state index contributed by atoms with van der Waals surface area (Å²) >= 11 is 0. The second-order valence-corrected chi connectivity index (χ2v) is 5.44. The first-order valence-corrected chi connectivity index (χ1v) is 6.84. The average Bonchev–Trinajstić information content (AvgIpc) is 2.44. The van der Waals surface area contributed by atoms with E-state index in [0.29, 0.717) is 31.5 Å². The van der Waals surface area contributed by atoms with Crippen LogP contribution in [0.25, 0.3) is 0 Å². The number of carbonyl (C=O) groups excluding carboxylic acids is 1. The summed E-state index contributed by atoms with van der Waals surface area (Å²) in [5, 5.41) is 18.7. The van der Waals surface area contributed by atoms with Gasteiger partial charge in [-0.05, 0) is 38.0 Å². The summed E-state index contributed by atoms with van der Waals surface area (Å²) in [4.78, 5) is 14.1. The molecule has 0 radical (unpaired) electrons. The lowest BCUT2D eigenvalue weighted by molar-refractivity contribution is -0.00203. The summed E-state index contributed by atoms with van der Waals surface area (Å²) in [6.45, 7) is 2.31. The first kappa shape index (κ1) is 15.5. The first-order chi connectivity index (χ1) is 9.93. The van der Waals surface area contributed by atoms with Crippen LogP contribution in [0.2, 0.25) is 0 Å². The number of carbonyl (C=O) groups is 1. The smallest absolute Gasteiger partial charge is 0.255 e. The molecule has 5 heteroatoms. The molecule has 0 aliphatic carbocycles. The van der Waals surface area contributed by atoms with Crippen LogP contribution in [0.5, 0.6) is 0 Å². The maximum atomic E-state index is 13.3. The fourth-order valence-electron chi connectivity index (χ4n) is 2.30. The monoisotopic (exact) mass is 291 g/mol. The van der Waals surface area contributed by atoms with Crippen LogP contribution in [0.1, 0.15) is 35.7 Å². The zero-order chi connectivity index (χ0) is 15.5. The fourth-order valence-corrected chi connectivity index (χ4v) is 2.30. The van der Waals surface area contributed by atoms with Crippen molar-refractivity contribution in [2.24, 2.45) is 0 Å². The van der Waals surface area contributed by atoms with Gasteiger partial charge in [0.2, 0.25) is 0 Å². The number of amides is 1. The van der Waals surface area contributed by atoms with E-state index in [2.05, 4.69) is 11.8 Å². The Morgan fingerprint density at radius 1 is 1.43 bits per heavy atom. The molecule has 1 heterocycles. The zero-order valence-corrected chi connectivity index (χ0v) is 11.9. The minimum absolute atomic E-state index is 0.229. The molecule has 1 aliphatic rings. The molecule has 0 saturated carbocycles. The molecule has 21 heavy (non-hydrogen) atoms. The van der Waals surface area contributed by atoms with E-state index in [9.17, 15) is 14.3 Å². The maximum Gasteiger partial charge on any atom is 0.255 e. The molecular weight excluding hydrogens is 273 g/mol. The van der Waals surface area contributed by atoms with Gasteiger partial charge in [0.25, 0.3) is 5.91 Å². The van der Waals surface area contributed by atoms with Crippen molar-refractivity contribution in [1.29, 1.82) is 0 Å². The third kappa shape index (κ3) is 3.81. The Labute approximate surface area is 123 Å². The van der Waals surface area contributed by atoms with E-state index in [1.165, 1.54) is 18.2 Å². The van der Waals surface area contributed by atoms with E-state index in [1.54, 1.807) is 11.8 Å². The first-order valence-electron chi connectivity index (χ1n) is 6.84. The predicted molar refractivity (Wildman–Crippen MR) is 76.1 cm³/mol. The van der Waals surface area contributed by atoms with Gasteiger partial charge in [-0.25, -0.2) is 4.39 Å². The molecule has 4 nitrogen and oxygen atoms in total. The molecule has 0 atom stereocenters. The number of aliphatic hydroxyl groups is 2. The highest BCUT2D eigenvalue weighted by Gasteiger charge is 2.30. The quantitative estimate of drug-likeness (QED) is 0.763. The Morgan fingerprint density at radius 2 is 2.10 bits per heavy atom. The van der Waals surface area contributed by atoms with Crippen molar-refractivity contribution in [2.45, 2.75) is 25.4 Å². The number of nitrogens with zero attached hydrogens (tertiary/aromatic N) is 1.